The predicted molar refractivity (Wildman–Crippen MR) is 98.4 cm³/mol. The van der Waals surface area contributed by atoms with E-state index in [1.54, 1.807) is 6.07 Å². The van der Waals surface area contributed by atoms with Gasteiger partial charge in [0.1, 0.15) is 0 Å². The van der Waals surface area contributed by atoms with Gasteiger partial charge < -0.3 is 28.5 Å². The highest BCUT2D eigenvalue weighted by atomic mass is 19.3. The summed E-state index contributed by atoms with van der Waals surface area (Å²) in [6.07, 6.45) is 1.29. The van der Waals surface area contributed by atoms with Gasteiger partial charge in [-0.05, 0) is 30.3 Å². The number of carbonyl (C=O) groups excluding carboxylic acids is 2. The first-order valence-corrected chi connectivity index (χ1v) is 8.89. The maximum absolute atomic E-state index is 12.4. The van der Waals surface area contributed by atoms with Gasteiger partial charge in [0.25, 0.3) is 11.8 Å². The van der Waals surface area contributed by atoms with Gasteiger partial charge in [0.15, 0.2) is 23.9 Å². The second-order valence-electron chi connectivity index (χ2n) is 5.90. The number of alkyl halides is 2. The number of hydrogen-bond donors (Lipinski definition) is 1. The van der Waals surface area contributed by atoms with Crippen LogP contribution in [0.2, 0.25) is 0 Å². The minimum absolute atomic E-state index is 0.0230. The molecule has 3 rings (SSSR count). The lowest BCUT2D eigenvalue weighted by molar-refractivity contribution is -0.145. The molecule has 31 heavy (non-hydrogen) atoms. The Morgan fingerprint density at radius 1 is 1.23 bits per heavy atom. The molecule has 0 bridgehead atoms. The van der Waals surface area contributed by atoms with Gasteiger partial charge >= 0.3 is 12.6 Å². The topological polar surface area (TPSA) is 126 Å². The second-order valence-corrected chi connectivity index (χ2v) is 5.90. The molecule has 0 atom stereocenters. The number of aromatic nitrogens is 2. The average molecular weight is 437 g/mol. The summed E-state index contributed by atoms with van der Waals surface area (Å²) in [6.45, 7) is -3.22. The van der Waals surface area contributed by atoms with E-state index in [0.29, 0.717) is 5.56 Å². The zero-order valence-electron chi connectivity index (χ0n) is 16.2. The van der Waals surface area contributed by atoms with Gasteiger partial charge in [-0.1, -0.05) is 5.16 Å². The van der Waals surface area contributed by atoms with Gasteiger partial charge in [-0.2, -0.15) is 13.8 Å². The van der Waals surface area contributed by atoms with Crippen molar-refractivity contribution in [3.05, 3.63) is 48.2 Å². The van der Waals surface area contributed by atoms with E-state index in [4.69, 9.17) is 18.4 Å². The van der Waals surface area contributed by atoms with Gasteiger partial charge in [-0.25, -0.2) is 0 Å². The predicted octanol–water partition coefficient (Wildman–Crippen LogP) is 2.80. The van der Waals surface area contributed by atoms with Crippen LogP contribution in [-0.2, 0) is 16.1 Å². The highest BCUT2D eigenvalue weighted by Gasteiger charge is 2.16. The molecule has 164 valence electrons. The lowest BCUT2D eigenvalue weighted by atomic mass is 10.2. The zero-order valence-corrected chi connectivity index (χ0v) is 16.2. The minimum Gasteiger partial charge on any atom is -0.493 e. The van der Waals surface area contributed by atoms with Gasteiger partial charge in [0, 0.05) is 12.1 Å². The zero-order chi connectivity index (χ0) is 22.2. The fourth-order valence-corrected chi connectivity index (χ4v) is 2.42. The number of amides is 1. The summed E-state index contributed by atoms with van der Waals surface area (Å²) >= 11 is 0. The standard InChI is InChI=1S/C19H17F2N3O7/c1-27-14-9-11(4-5-12(14)30-19(20)21)17-23-15(31-24-17)10-29-16(25)6-7-22-18(26)13-3-2-8-28-13/h2-5,8-9,19H,6-7,10H2,1H3,(H,22,26). The lowest BCUT2D eigenvalue weighted by Gasteiger charge is -2.10. The Morgan fingerprint density at radius 3 is 2.77 bits per heavy atom. The molecular weight excluding hydrogens is 420 g/mol. The van der Waals surface area contributed by atoms with Crippen LogP contribution in [-0.4, -0.2) is 42.3 Å². The molecule has 0 radical (unpaired) electrons. The van der Waals surface area contributed by atoms with Crippen LogP contribution in [0.25, 0.3) is 11.4 Å². The molecule has 0 saturated heterocycles. The Labute approximate surface area is 174 Å². The molecule has 10 nitrogen and oxygen atoms in total. The number of methoxy groups -OCH3 is 1. The molecule has 3 aromatic rings. The highest BCUT2D eigenvalue weighted by molar-refractivity contribution is 5.91. The summed E-state index contributed by atoms with van der Waals surface area (Å²) in [4.78, 5) is 27.6. The molecule has 1 amide bonds. The normalized spacial score (nSPS) is 10.7. The number of hydrogen-bond acceptors (Lipinski definition) is 9. The van der Waals surface area contributed by atoms with Crippen LogP contribution < -0.4 is 14.8 Å². The minimum atomic E-state index is -3.00. The Balaban J connectivity index is 1.49. The largest absolute Gasteiger partial charge is 0.493 e. The van der Waals surface area contributed by atoms with Crippen LogP contribution >= 0.6 is 0 Å². The van der Waals surface area contributed by atoms with Crippen molar-refractivity contribution in [1.82, 2.24) is 15.5 Å². The van der Waals surface area contributed by atoms with E-state index >= 15 is 0 Å². The van der Waals surface area contributed by atoms with E-state index in [0.717, 1.165) is 0 Å². The number of benzene rings is 1. The molecule has 0 unspecified atom stereocenters. The van der Waals surface area contributed by atoms with Gasteiger partial charge in [0.05, 0.1) is 19.8 Å². The monoisotopic (exact) mass is 437 g/mol. The number of ether oxygens (including phenoxy) is 3. The van der Waals surface area contributed by atoms with Crippen LogP contribution in [0.4, 0.5) is 8.78 Å². The number of nitrogens with zero attached hydrogens (tertiary/aromatic N) is 2. The molecule has 0 aliphatic rings. The number of nitrogens with one attached hydrogen (secondary N) is 1. The van der Waals surface area contributed by atoms with Crippen molar-refractivity contribution in [1.29, 1.82) is 0 Å². The van der Waals surface area contributed by atoms with E-state index in [1.807, 2.05) is 0 Å². The number of furan rings is 1. The Hall–Kier alpha value is -3.96. The van der Waals surface area contributed by atoms with Crippen LogP contribution in [0.5, 0.6) is 11.5 Å². The summed E-state index contributed by atoms with van der Waals surface area (Å²) in [5.41, 5.74) is 0.417. The molecule has 0 aliphatic carbocycles. The lowest BCUT2D eigenvalue weighted by Crippen LogP contribution is -2.26. The maximum atomic E-state index is 12.4. The number of rotatable bonds is 10. The third-order valence-electron chi connectivity index (χ3n) is 3.82. The molecule has 1 aromatic carbocycles. The summed E-state index contributed by atoms with van der Waals surface area (Å²) in [6, 6.07) is 7.20. The summed E-state index contributed by atoms with van der Waals surface area (Å²) in [7, 11) is 1.30. The summed E-state index contributed by atoms with van der Waals surface area (Å²) < 4.78 is 49.2. The Kier molecular flexibility index (Phi) is 7.14. The second kappa shape index (κ2) is 10.2. The molecular formula is C19H17F2N3O7. The molecule has 2 aromatic heterocycles. The Bertz CT molecular complexity index is 1020. The van der Waals surface area contributed by atoms with Crippen molar-refractivity contribution in [2.75, 3.05) is 13.7 Å². The molecule has 2 heterocycles. The average Bonchev–Trinajstić information content (AvgIpc) is 3.44. The van der Waals surface area contributed by atoms with Crippen LogP contribution in [0.15, 0.2) is 45.5 Å². The first-order valence-electron chi connectivity index (χ1n) is 8.89. The van der Waals surface area contributed by atoms with Gasteiger partial charge in [-0.15, -0.1) is 0 Å². The highest BCUT2D eigenvalue weighted by Crippen LogP contribution is 2.32. The molecule has 0 saturated carbocycles. The van der Waals surface area contributed by atoms with Crippen molar-refractivity contribution >= 4 is 11.9 Å². The van der Waals surface area contributed by atoms with E-state index < -0.39 is 18.5 Å². The smallest absolute Gasteiger partial charge is 0.387 e. The van der Waals surface area contributed by atoms with Crippen molar-refractivity contribution in [2.24, 2.45) is 0 Å². The van der Waals surface area contributed by atoms with Gasteiger partial charge in [0.2, 0.25) is 5.82 Å². The van der Waals surface area contributed by atoms with Crippen LogP contribution in [0, 0.1) is 0 Å². The maximum Gasteiger partial charge on any atom is 0.387 e. The van der Waals surface area contributed by atoms with Crippen LogP contribution in [0.1, 0.15) is 22.9 Å². The molecule has 0 spiro atoms. The fraction of sp³-hybridized carbons (Fsp3) is 0.263. The molecule has 0 aliphatic heterocycles. The van der Waals surface area contributed by atoms with Crippen LogP contribution in [0.3, 0.4) is 0 Å². The quantitative estimate of drug-likeness (QED) is 0.477. The van der Waals surface area contributed by atoms with E-state index in [9.17, 15) is 18.4 Å². The van der Waals surface area contributed by atoms with Crippen molar-refractivity contribution in [2.45, 2.75) is 19.6 Å². The molecule has 12 heteroatoms. The molecule has 0 fully saturated rings. The molecule has 1 N–H and O–H groups in total. The van der Waals surface area contributed by atoms with Crippen molar-refractivity contribution < 1.29 is 41.5 Å². The number of esters is 1. The van der Waals surface area contributed by atoms with E-state index in [1.165, 1.54) is 37.6 Å². The number of carbonyl (C=O) groups is 2. The first-order chi connectivity index (χ1) is 15.0. The SMILES string of the molecule is COc1cc(-c2noc(COC(=O)CCNC(=O)c3ccco3)n2)ccc1OC(F)F. The summed E-state index contributed by atoms with van der Waals surface area (Å²) in [5, 5.41) is 6.27. The Morgan fingerprint density at radius 2 is 2.06 bits per heavy atom. The van der Waals surface area contributed by atoms with Crippen molar-refractivity contribution in [3.8, 4) is 22.9 Å². The third kappa shape index (κ3) is 6.01. The third-order valence-corrected chi connectivity index (χ3v) is 3.82. The van der Waals surface area contributed by atoms with E-state index in [-0.39, 0.29) is 48.5 Å². The fourth-order valence-electron chi connectivity index (χ4n) is 2.42. The van der Waals surface area contributed by atoms with Crippen molar-refractivity contribution in [3.63, 3.8) is 0 Å². The summed E-state index contributed by atoms with van der Waals surface area (Å²) in [5.74, 6) is -0.815. The number of halogens is 2. The van der Waals surface area contributed by atoms with Gasteiger partial charge in [-0.3, -0.25) is 9.59 Å². The first kappa shape index (κ1) is 21.7. The van der Waals surface area contributed by atoms with E-state index in [2.05, 4.69) is 20.2 Å².